The fourth-order valence-electron chi connectivity index (χ4n) is 4.00. The Hall–Kier alpha value is -1.07. The molecule has 0 saturated heterocycles. The second-order valence-electron chi connectivity index (χ2n) is 6.70. The zero-order valence-corrected chi connectivity index (χ0v) is 15.4. The quantitative estimate of drug-likeness (QED) is 0.644. The molecule has 120 valence electrons. The predicted molar refractivity (Wildman–Crippen MR) is 89.8 cm³/mol. The van der Waals surface area contributed by atoms with Crippen molar-refractivity contribution in [3.05, 3.63) is 24.0 Å². The van der Waals surface area contributed by atoms with Gasteiger partial charge in [0.25, 0.3) is 0 Å². The van der Waals surface area contributed by atoms with Crippen molar-refractivity contribution >= 4 is 14.2 Å². The third-order valence-corrected chi connectivity index (χ3v) is 11.5. The van der Waals surface area contributed by atoms with Gasteiger partial charge in [-0.1, -0.05) is 41.5 Å². The highest BCUT2D eigenvalue weighted by atomic mass is 28.3. The van der Waals surface area contributed by atoms with Gasteiger partial charge in [0.2, 0.25) is 0 Å². The molecule has 1 rings (SSSR count). The van der Waals surface area contributed by atoms with Crippen LogP contribution in [0.15, 0.2) is 18.5 Å². The van der Waals surface area contributed by atoms with E-state index in [9.17, 15) is 4.79 Å². The molecule has 1 atom stereocenters. The normalized spacial score (nSPS) is 14.0. The van der Waals surface area contributed by atoms with E-state index in [2.05, 4.69) is 58.2 Å². The monoisotopic (exact) mass is 310 g/mol. The molecule has 0 bridgehead atoms. The van der Waals surface area contributed by atoms with E-state index >= 15 is 0 Å². The van der Waals surface area contributed by atoms with Crippen LogP contribution in [0.2, 0.25) is 16.6 Å². The Morgan fingerprint density at radius 3 is 2.00 bits per heavy atom. The van der Waals surface area contributed by atoms with Gasteiger partial charge in [0.15, 0.2) is 8.24 Å². The highest BCUT2D eigenvalue weighted by Gasteiger charge is 2.45. The van der Waals surface area contributed by atoms with Gasteiger partial charge >= 0.3 is 5.97 Å². The lowest BCUT2D eigenvalue weighted by atomic mass is 10.2. The summed E-state index contributed by atoms with van der Waals surface area (Å²) in [7, 11) is -0.395. The molecule has 1 aromatic rings. The predicted octanol–water partition coefficient (Wildman–Crippen LogP) is 3.68. The maximum absolute atomic E-state index is 11.6. The summed E-state index contributed by atoms with van der Waals surface area (Å²) in [6.45, 7) is 13.9. The summed E-state index contributed by atoms with van der Waals surface area (Å²) in [6.07, 6.45) is 4.16. The maximum atomic E-state index is 11.6. The Morgan fingerprint density at radius 1 is 1.14 bits per heavy atom. The van der Waals surface area contributed by atoms with Gasteiger partial charge < -0.3 is 14.7 Å². The standard InChI is InChI=1S/C16H30N2O2Si/c1-11(2)21(12(3)4,13(5)6)18-9-8-14(10-18)15(17)16(19)20-7/h8-13,15H,17H2,1-7H3/t15-/m0/s1. The van der Waals surface area contributed by atoms with Crippen molar-refractivity contribution in [2.24, 2.45) is 5.73 Å². The van der Waals surface area contributed by atoms with E-state index in [0.29, 0.717) is 16.6 Å². The van der Waals surface area contributed by atoms with E-state index in [-0.39, 0.29) is 0 Å². The van der Waals surface area contributed by atoms with Crippen LogP contribution in [0.1, 0.15) is 53.1 Å². The van der Waals surface area contributed by atoms with E-state index in [1.165, 1.54) is 7.11 Å². The first-order chi connectivity index (χ1) is 9.69. The van der Waals surface area contributed by atoms with Crippen molar-refractivity contribution < 1.29 is 9.53 Å². The molecule has 0 spiro atoms. The molecule has 0 amide bonds. The van der Waals surface area contributed by atoms with Crippen LogP contribution in [-0.4, -0.2) is 25.5 Å². The van der Waals surface area contributed by atoms with Gasteiger partial charge in [-0.05, 0) is 34.5 Å². The minimum absolute atomic E-state index is 0.390. The van der Waals surface area contributed by atoms with Crippen LogP contribution in [0.4, 0.5) is 0 Å². The van der Waals surface area contributed by atoms with E-state index in [1.807, 2.05) is 6.07 Å². The Morgan fingerprint density at radius 2 is 1.62 bits per heavy atom. The summed E-state index contributed by atoms with van der Waals surface area (Å²) in [5.74, 6) is -0.390. The molecule has 0 aliphatic rings. The molecule has 5 heteroatoms. The van der Waals surface area contributed by atoms with Crippen molar-refractivity contribution in [2.45, 2.75) is 64.2 Å². The molecule has 1 aromatic heterocycles. The minimum atomic E-state index is -1.76. The fraction of sp³-hybridized carbons (Fsp3) is 0.688. The lowest BCUT2D eigenvalue weighted by Crippen LogP contribution is -2.51. The van der Waals surface area contributed by atoms with Gasteiger partial charge in [0, 0.05) is 6.20 Å². The van der Waals surface area contributed by atoms with Gasteiger partial charge in [-0.25, -0.2) is 0 Å². The van der Waals surface area contributed by atoms with E-state index < -0.39 is 20.2 Å². The minimum Gasteiger partial charge on any atom is -0.468 e. The van der Waals surface area contributed by atoms with Gasteiger partial charge in [-0.2, -0.15) is 0 Å². The topological polar surface area (TPSA) is 57.2 Å². The van der Waals surface area contributed by atoms with Crippen LogP contribution in [-0.2, 0) is 9.53 Å². The molecule has 0 unspecified atom stereocenters. The Bertz CT molecular complexity index is 459. The molecule has 0 radical (unpaired) electrons. The molecule has 21 heavy (non-hydrogen) atoms. The van der Waals surface area contributed by atoms with Crippen molar-refractivity contribution in [3.8, 4) is 0 Å². The van der Waals surface area contributed by atoms with Gasteiger partial charge in [0.05, 0.1) is 7.11 Å². The SMILES string of the molecule is COC(=O)[C@@H](N)c1ccn([Si](C(C)C)(C(C)C)C(C)C)c1. The molecule has 1 heterocycles. The van der Waals surface area contributed by atoms with Crippen molar-refractivity contribution in [3.63, 3.8) is 0 Å². The van der Waals surface area contributed by atoms with E-state index in [1.54, 1.807) is 0 Å². The van der Waals surface area contributed by atoms with Crippen LogP contribution in [0.25, 0.3) is 0 Å². The lowest BCUT2D eigenvalue weighted by molar-refractivity contribution is -0.142. The molecular weight excluding hydrogens is 280 g/mol. The van der Waals surface area contributed by atoms with Crippen LogP contribution in [0, 0.1) is 0 Å². The summed E-state index contributed by atoms with van der Waals surface area (Å²) >= 11 is 0. The summed E-state index contributed by atoms with van der Waals surface area (Å²) in [5, 5.41) is 0. The maximum Gasteiger partial charge on any atom is 0.327 e. The second-order valence-corrected chi connectivity index (χ2v) is 12.5. The highest BCUT2D eigenvalue weighted by Crippen LogP contribution is 2.42. The van der Waals surface area contributed by atoms with Crippen LogP contribution < -0.4 is 5.73 Å². The number of aromatic nitrogens is 1. The fourth-order valence-corrected chi connectivity index (χ4v) is 10.5. The van der Waals surface area contributed by atoms with Crippen LogP contribution >= 0.6 is 0 Å². The first kappa shape index (κ1) is 18.0. The largest absolute Gasteiger partial charge is 0.468 e. The molecule has 4 nitrogen and oxygen atoms in total. The van der Waals surface area contributed by atoms with Gasteiger partial charge in [-0.3, -0.25) is 4.79 Å². The smallest absolute Gasteiger partial charge is 0.327 e. The number of hydrogen-bond donors (Lipinski definition) is 1. The van der Waals surface area contributed by atoms with Crippen LogP contribution in [0.5, 0.6) is 0 Å². The Labute approximate surface area is 129 Å². The summed E-state index contributed by atoms with van der Waals surface area (Å²) in [6, 6.07) is 1.26. The van der Waals surface area contributed by atoms with Crippen molar-refractivity contribution in [2.75, 3.05) is 7.11 Å². The molecule has 0 fully saturated rings. The zero-order valence-electron chi connectivity index (χ0n) is 14.4. The zero-order chi connectivity index (χ0) is 16.4. The number of esters is 1. The Balaban J connectivity index is 3.30. The first-order valence-corrected chi connectivity index (χ1v) is 9.89. The van der Waals surface area contributed by atoms with Gasteiger partial charge in [-0.15, -0.1) is 0 Å². The molecular formula is C16H30N2O2Si. The number of carbonyl (C=O) groups is 1. The number of rotatable bonds is 6. The van der Waals surface area contributed by atoms with Crippen LogP contribution in [0.3, 0.4) is 0 Å². The highest BCUT2D eigenvalue weighted by molar-refractivity contribution is 6.82. The number of nitrogens with two attached hydrogens (primary N) is 1. The van der Waals surface area contributed by atoms with Crippen molar-refractivity contribution in [1.29, 1.82) is 0 Å². The lowest BCUT2D eigenvalue weighted by Gasteiger charge is -2.44. The molecule has 0 saturated carbocycles. The molecule has 0 aromatic carbocycles. The second kappa shape index (κ2) is 6.79. The number of hydrogen-bond acceptors (Lipinski definition) is 3. The summed E-state index contributed by atoms with van der Waals surface area (Å²) in [4.78, 5) is 11.6. The average molecular weight is 311 g/mol. The van der Waals surface area contributed by atoms with E-state index in [0.717, 1.165) is 5.56 Å². The van der Waals surface area contributed by atoms with Crippen molar-refractivity contribution in [1.82, 2.24) is 4.23 Å². The average Bonchev–Trinajstić information content (AvgIpc) is 2.86. The number of nitrogens with zero attached hydrogens (tertiary/aromatic N) is 1. The third kappa shape index (κ3) is 3.08. The molecule has 0 aliphatic heterocycles. The number of methoxy groups -OCH3 is 1. The third-order valence-electron chi connectivity index (χ3n) is 4.75. The summed E-state index contributed by atoms with van der Waals surface area (Å²) < 4.78 is 7.12. The van der Waals surface area contributed by atoms with E-state index in [4.69, 9.17) is 10.5 Å². The first-order valence-electron chi connectivity index (χ1n) is 7.71. The summed E-state index contributed by atoms with van der Waals surface area (Å²) in [5.41, 5.74) is 8.61. The number of carbonyl (C=O) groups excluding carboxylic acids is 1. The van der Waals surface area contributed by atoms with Gasteiger partial charge in [0.1, 0.15) is 6.04 Å². The molecule has 2 N–H and O–H groups in total. The number of ether oxygens (including phenoxy) is 1. The Kier molecular flexibility index (Phi) is 5.81. The molecule has 0 aliphatic carbocycles.